The molecule has 2 rings (SSSR count). The Hall–Kier alpha value is -1.63. The summed E-state index contributed by atoms with van der Waals surface area (Å²) in [5.41, 5.74) is 0.223. The number of nitrogens with one attached hydrogen (secondary N) is 2. The molecule has 0 saturated heterocycles. The Balaban J connectivity index is 0.00000364. The maximum atomic E-state index is 12.6. The van der Waals surface area contributed by atoms with Gasteiger partial charge < -0.3 is 15.5 Å². The van der Waals surface area contributed by atoms with Gasteiger partial charge >= 0.3 is 6.18 Å². The van der Waals surface area contributed by atoms with E-state index < -0.39 is 11.9 Å². The van der Waals surface area contributed by atoms with Crippen LogP contribution in [0.3, 0.4) is 0 Å². The molecule has 2 aromatic rings. The van der Waals surface area contributed by atoms with Crippen LogP contribution in [0.15, 0.2) is 34.1 Å². The summed E-state index contributed by atoms with van der Waals surface area (Å²) in [5, 5.41) is 10.1. The monoisotopic (exact) mass is 514 g/mol. The number of hydrogen-bond acceptors (Lipinski definition) is 5. The van der Waals surface area contributed by atoms with Crippen LogP contribution < -0.4 is 10.6 Å². The van der Waals surface area contributed by atoms with E-state index >= 15 is 0 Å². The Kier molecular flexibility index (Phi) is 9.77. The van der Waals surface area contributed by atoms with Gasteiger partial charge in [-0.1, -0.05) is 0 Å². The minimum absolute atomic E-state index is 0. The maximum Gasteiger partial charge on any atom is 0.433 e. The van der Waals surface area contributed by atoms with Crippen molar-refractivity contribution in [2.75, 3.05) is 32.0 Å². The molecule has 0 aliphatic heterocycles. The van der Waals surface area contributed by atoms with E-state index in [9.17, 15) is 13.2 Å². The Bertz CT molecular complexity index is 708. The lowest BCUT2D eigenvalue weighted by atomic mass is 10.3. The van der Waals surface area contributed by atoms with Gasteiger partial charge in [0.25, 0.3) is 0 Å². The number of anilines is 1. The van der Waals surface area contributed by atoms with Crippen LogP contribution >= 0.6 is 35.3 Å². The van der Waals surface area contributed by atoms with E-state index in [1.54, 1.807) is 11.3 Å². The molecule has 2 aromatic heterocycles. The SMILES string of the molecule is CCNC(=NCCNc1nccc(C(F)(F)F)n1)N(C)Cc1ccsc1.I. The van der Waals surface area contributed by atoms with Crippen LogP contribution in [0.4, 0.5) is 19.1 Å². The summed E-state index contributed by atoms with van der Waals surface area (Å²) < 4.78 is 37.9. The lowest BCUT2D eigenvalue weighted by Crippen LogP contribution is -2.38. The third-order valence-corrected chi connectivity index (χ3v) is 4.03. The van der Waals surface area contributed by atoms with Gasteiger partial charge in [-0.25, -0.2) is 9.97 Å². The maximum absolute atomic E-state index is 12.6. The molecule has 2 heterocycles. The van der Waals surface area contributed by atoms with Crippen molar-refractivity contribution in [3.63, 3.8) is 0 Å². The van der Waals surface area contributed by atoms with Crippen LogP contribution in [0, 0.1) is 0 Å². The third-order valence-electron chi connectivity index (χ3n) is 3.30. The fourth-order valence-electron chi connectivity index (χ4n) is 2.13. The van der Waals surface area contributed by atoms with Crippen LogP contribution in [0.25, 0.3) is 0 Å². The highest BCUT2D eigenvalue weighted by Gasteiger charge is 2.32. The van der Waals surface area contributed by atoms with Crippen LogP contribution in [0.1, 0.15) is 18.2 Å². The number of hydrogen-bond donors (Lipinski definition) is 2. The topological polar surface area (TPSA) is 65.4 Å². The number of halogens is 4. The molecule has 0 unspecified atom stereocenters. The molecule has 0 aromatic carbocycles. The van der Waals surface area contributed by atoms with Gasteiger partial charge in [0, 0.05) is 32.9 Å². The lowest BCUT2D eigenvalue weighted by molar-refractivity contribution is -0.141. The van der Waals surface area contributed by atoms with Gasteiger partial charge in [0.05, 0.1) is 6.54 Å². The highest BCUT2D eigenvalue weighted by molar-refractivity contribution is 14.0. The minimum Gasteiger partial charge on any atom is -0.357 e. The van der Waals surface area contributed by atoms with E-state index in [0.29, 0.717) is 13.1 Å². The summed E-state index contributed by atoms with van der Waals surface area (Å²) in [6, 6.07) is 2.89. The van der Waals surface area contributed by atoms with Crippen molar-refractivity contribution in [3.8, 4) is 0 Å². The Morgan fingerprint density at radius 2 is 2.11 bits per heavy atom. The molecule has 0 aliphatic carbocycles. The van der Waals surface area contributed by atoms with Crippen LogP contribution in [0.2, 0.25) is 0 Å². The number of alkyl halides is 3. The van der Waals surface area contributed by atoms with E-state index in [2.05, 4.69) is 37.0 Å². The van der Waals surface area contributed by atoms with Crippen LogP contribution in [0.5, 0.6) is 0 Å². The Morgan fingerprint density at radius 1 is 1.33 bits per heavy atom. The van der Waals surface area contributed by atoms with Crippen molar-refractivity contribution in [1.82, 2.24) is 20.2 Å². The summed E-state index contributed by atoms with van der Waals surface area (Å²) in [6.07, 6.45) is -3.40. The molecule has 150 valence electrons. The summed E-state index contributed by atoms with van der Waals surface area (Å²) in [4.78, 5) is 13.7. The quantitative estimate of drug-likeness (QED) is 0.256. The van der Waals surface area contributed by atoms with Crippen molar-refractivity contribution in [2.24, 2.45) is 4.99 Å². The first-order valence-corrected chi connectivity index (χ1v) is 8.99. The predicted octanol–water partition coefficient (Wildman–Crippen LogP) is 3.68. The van der Waals surface area contributed by atoms with Crippen LogP contribution in [-0.4, -0.2) is 47.5 Å². The molecule has 0 atom stereocenters. The molecule has 0 saturated carbocycles. The number of aliphatic imine (C=N–C) groups is 1. The average molecular weight is 514 g/mol. The first-order valence-electron chi connectivity index (χ1n) is 8.04. The standard InChI is InChI=1S/C16H21F3N6S.HI/c1-3-20-15(25(2)10-12-5-9-26-11-12)23-8-7-22-14-21-6-4-13(24-14)16(17,18)19;/h4-6,9,11H,3,7-8,10H2,1-2H3,(H,20,23)(H,21,22,24);1H. The zero-order chi connectivity index (χ0) is 19.0. The lowest BCUT2D eigenvalue weighted by Gasteiger charge is -2.21. The van der Waals surface area contributed by atoms with Crippen molar-refractivity contribution >= 4 is 47.2 Å². The third kappa shape index (κ3) is 7.87. The second-order valence-electron chi connectivity index (χ2n) is 5.41. The predicted molar refractivity (Wildman–Crippen MR) is 113 cm³/mol. The molecule has 2 N–H and O–H groups in total. The smallest absolute Gasteiger partial charge is 0.357 e. The summed E-state index contributed by atoms with van der Waals surface area (Å²) in [6.45, 7) is 4.11. The zero-order valence-electron chi connectivity index (χ0n) is 15.0. The highest BCUT2D eigenvalue weighted by Crippen LogP contribution is 2.27. The number of rotatable bonds is 7. The van der Waals surface area contributed by atoms with Gasteiger partial charge in [0.1, 0.15) is 5.69 Å². The van der Waals surface area contributed by atoms with Gasteiger partial charge in [-0.15, -0.1) is 24.0 Å². The molecule has 6 nitrogen and oxygen atoms in total. The van der Waals surface area contributed by atoms with E-state index in [4.69, 9.17) is 0 Å². The van der Waals surface area contributed by atoms with Crippen molar-refractivity contribution in [3.05, 3.63) is 40.3 Å². The fraction of sp³-hybridized carbons (Fsp3) is 0.438. The molecule has 11 heteroatoms. The fourth-order valence-corrected chi connectivity index (χ4v) is 2.79. The van der Waals surface area contributed by atoms with E-state index in [-0.39, 0.29) is 29.9 Å². The number of aromatic nitrogens is 2. The number of guanidine groups is 1. The van der Waals surface area contributed by atoms with Gasteiger partial charge in [0.15, 0.2) is 5.96 Å². The zero-order valence-corrected chi connectivity index (χ0v) is 18.1. The highest BCUT2D eigenvalue weighted by atomic mass is 127. The molecular weight excluding hydrogens is 492 g/mol. The first-order chi connectivity index (χ1) is 12.4. The molecular formula is C16H22F3IN6S. The average Bonchev–Trinajstić information content (AvgIpc) is 3.10. The Labute approximate surface area is 177 Å². The van der Waals surface area contributed by atoms with Gasteiger partial charge in [-0.05, 0) is 35.4 Å². The van der Waals surface area contributed by atoms with Gasteiger partial charge in [-0.3, -0.25) is 4.99 Å². The molecule has 0 radical (unpaired) electrons. The largest absolute Gasteiger partial charge is 0.433 e. The Morgan fingerprint density at radius 3 is 2.74 bits per heavy atom. The van der Waals surface area contributed by atoms with Crippen molar-refractivity contribution in [2.45, 2.75) is 19.6 Å². The second kappa shape index (κ2) is 11.3. The van der Waals surface area contributed by atoms with Crippen LogP contribution in [-0.2, 0) is 12.7 Å². The molecule has 0 bridgehead atoms. The normalized spacial score (nSPS) is 11.7. The van der Waals surface area contributed by atoms with Gasteiger partial charge in [0.2, 0.25) is 5.95 Å². The van der Waals surface area contributed by atoms with E-state index in [0.717, 1.165) is 31.3 Å². The molecule has 27 heavy (non-hydrogen) atoms. The van der Waals surface area contributed by atoms with E-state index in [1.807, 2.05) is 24.3 Å². The molecule has 0 aliphatic rings. The summed E-state index contributed by atoms with van der Waals surface area (Å²) in [7, 11) is 1.93. The second-order valence-corrected chi connectivity index (χ2v) is 6.19. The van der Waals surface area contributed by atoms with Gasteiger partial charge in [-0.2, -0.15) is 24.5 Å². The first kappa shape index (κ1) is 23.4. The number of nitrogens with zero attached hydrogens (tertiary/aromatic N) is 4. The molecule has 0 spiro atoms. The van der Waals surface area contributed by atoms with Crippen molar-refractivity contribution < 1.29 is 13.2 Å². The number of thiophene rings is 1. The van der Waals surface area contributed by atoms with Crippen molar-refractivity contribution in [1.29, 1.82) is 0 Å². The van der Waals surface area contributed by atoms with E-state index in [1.165, 1.54) is 5.56 Å². The minimum atomic E-state index is -4.49. The summed E-state index contributed by atoms with van der Waals surface area (Å²) in [5.74, 6) is 0.664. The summed E-state index contributed by atoms with van der Waals surface area (Å²) >= 11 is 1.64. The molecule has 0 fully saturated rings. The molecule has 0 amide bonds.